The van der Waals surface area contributed by atoms with E-state index in [0.717, 1.165) is 76.4 Å². The van der Waals surface area contributed by atoms with Crippen molar-refractivity contribution in [3.05, 3.63) is 136 Å². The van der Waals surface area contributed by atoms with E-state index in [1.165, 1.54) is 16.7 Å². The summed E-state index contributed by atoms with van der Waals surface area (Å²) in [4.78, 5) is 5.29. The van der Waals surface area contributed by atoms with E-state index in [9.17, 15) is 8.42 Å². The van der Waals surface area contributed by atoms with Crippen LogP contribution in [0.25, 0.3) is 33.4 Å². The number of hydrogen-bond donors (Lipinski definition) is 1. The summed E-state index contributed by atoms with van der Waals surface area (Å²) < 4.78 is 37.9. The average Bonchev–Trinajstić information content (AvgIpc) is 3.10. The van der Waals surface area contributed by atoms with Crippen molar-refractivity contribution >= 4 is 26.7 Å². The Morgan fingerprint density at radius 2 is 1.46 bits per heavy atom. The standard InChI is InChI=1S/C44H48N2O3S/c1-7-9-18-33(8-2)28-45-50(47,48)42-20-11-10-19-38(42)43-36-23-21-34(25-39-29(3)14-12-15-30(39)4)26-40(36)49-41-27-35(22-24-37(41)43)46-44-31(5)16-13-17-32(44)6/h10-17,19-24,26-27,33,45H,7-9,18,25,28H2,1-6H3. The van der Waals surface area contributed by atoms with Crippen LogP contribution in [0, 0.1) is 33.6 Å². The molecule has 5 nitrogen and oxygen atoms in total. The number of benzene rings is 5. The van der Waals surface area contributed by atoms with Crippen molar-refractivity contribution in [1.82, 2.24) is 4.72 Å². The van der Waals surface area contributed by atoms with Gasteiger partial charge in [0.05, 0.1) is 15.9 Å². The van der Waals surface area contributed by atoms with Crippen LogP contribution in [-0.4, -0.2) is 15.0 Å². The lowest BCUT2D eigenvalue weighted by atomic mass is 9.91. The monoisotopic (exact) mass is 684 g/mol. The molecule has 1 atom stereocenters. The third-order valence-electron chi connectivity index (χ3n) is 10.0. The Kier molecular flexibility index (Phi) is 10.7. The average molecular weight is 685 g/mol. The lowest BCUT2D eigenvalue weighted by molar-refractivity contribution is 0.444. The van der Waals surface area contributed by atoms with Crippen LogP contribution in [0.4, 0.5) is 5.69 Å². The maximum absolute atomic E-state index is 14.1. The first-order valence-corrected chi connectivity index (χ1v) is 19.3. The second kappa shape index (κ2) is 15.2. The number of aryl methyl sites for hydroxylation is 4. The van der Waals surface area contributed by atoms with Gasteiger partial charge in [0, 0.05) is 34.7 Å². The zero-order valence-electron chi connectivity index (χ0n) is 30.1. The molecule has 0 aromatic heterocycles. The molecule has 4 aromatic carbocycles. The van der Waals surface area contributed by atoms with Crippen molar-refractivity contribution < 1.29 is 12.8 Å². The summed E-state index contributed by atoms with van der Waals surface area (Å²) in [5.74, 6) is 0.943. The van der Waals surface area contributed by atoms with Crippen LogP contribution in [0.15, 0.2) is 111 Å². The minimum Gasteiger partial charge on any atom is -0.456 e. The fraction of sp³-hybridized carbons (Fsp3) is 0.295. The van der Waals surface area contributed by atoms with E-state index in [1.54, 1.807) is 12.1 Å². The van der Waals surface area contributed by atoms with Gasteiger partial charge in [-0.1, -0.05) is 99.8 Å². The van der Waals surface area contributed by atoms with E-state index >= 15 is 0 Å². The summed E-state index contributed by atoms with van der Waals surface area (Å²) in [5, 5.41) is 1.63. The molecular formula is C44H48N2O3S. The molecule has 0 bridgehead atoms. The number of para-hydroxylation sites is 1. The van der Waals surface area contributed by atoms with Crippen LogP contribution in [0.3, 0.4) is 0 Å². The molecule has 0 radical (unpaired) electrons. The van der Waals surface area contributed by atoms with Gasteiger partial charge < -0.3 is 4.42 Å². The van der Waals surface area contributed by atoms with Gasteiger partial charge in [0.15, 0.2) is 0 Å². The third-order valence-corrected chi connectivity index (χ3v) is 11.5. The van der Waals surface area contributed by atoms with Gasteiger partial charge in [0.2, 0.25) is 10.0 Å². The normalized spacial score (nSPS) is 13.0. The van der Waals surface area contributed by atoms with Crippen molar-refractivity contribution in [2.75, 3.05) is 6.54 Å². The predicted molar refractivity (Wildman–Crippen MR) is 207 cm³/mol. The molecule has 50 heavy (non-hydrogen) atoms. The molecule has 6 rings (SSSR count). The van der Waals surface area contributed by atoms with Gasteiger partial charge in [-0.25, -0.2) is 18.1 Å². The molecule has 0 saturated carbocycles. The summed E-state index contributed by atoms with van der Waals surface area (Å²) >= 11 is 0. The van der Waals surface area contributed by atoms with Gasteiger partial charge >= 0.3 is 0 Å². The zero-order valence-corrected chi connectivity index (χ0v) is 31.0. The summed E-state index contributed by atoms with van der Waals surface area (Å²) in [7, 11) is -3.82. The molecular weight excluding hydrogens is 637 g/mol. The maximum Gasteiger partial charge on any atom is 0.241 e. The molecule has 258 valence electrons. The minimum atomic E-state index is -3.82. The van der Waals surface area contributed by atoms with Crippen LogP contribution >= 0.6 is 0 Å². The van der Waals surface area contributed by atoms with Gasteiger partial charge in [-0.3, -0.25) is 0 Å². The molecule has 1 aliphatic carbocycles. The van der Waals surface area contributed by atoms with E-state index in [4.69, 9.17) is 9.41 Å². The molecule has 1 aliphatic heterocycles. The molecule has 0 spiro atoms. The SMILES string of the molecule is CCCCC(CC)CNS(=O)(=O)c1ccccc1-c1c2ccc(=Nc3c(C)cccc3C)cc-2oc2cc(Cc3c(C)cccc3C)ccc12. The smallest absolute Gasteiger partial charge is 0.241 e. The summed E-state index contributed by atoms with van der Waals surface area (Å²) in [6.45, 7) is 13.2. The van der Waals surface area contributed by atoms with Gasteiger partial charge in [-0.2, -0.15) is 0 Å². The molecule has 0 fully saturated rings. The molecule has 1 unspecified atom stereocenters. The highest BCUT2D eigenvalue weighted by atomic mass is 32.2. The first-order valence-electron chi connectivity index (χ1n) is 17.8. The highest BCUT2D eigenvalue weighted by Crippen LogP contribution is 2.42. The number of rotatable bonds is 12. The number of nitrogens with zero attached hydrogens (tertiary/aromatic N) is 1. The second-order valence-electron chi connectivity index (χ2n) is 13.7. The topological polar surface area (TPSA) is 71.7 Å². The van der Waals surface area contributed by atoms with Crippen LogP contribution < -0.4 is 10.1 Å². The third kappa shape index (κ3) is 7.47. The van der Waals surface area contributed by atoms with Crippen molar-refractivity contribution in [3.8, 4) is 22.5 Å². The van der Waals surface area contributed by atoms with E-state index in [2.05, 4.69) is 94.8 Å². The van der Waals surface area contributed by atoms with Crippen LogP contribution in [0.1, 0.15) is 72.9 Å². The van der Waals surface area contributed by atoms with E-state index in [1.807, 2.05) is 36.4 Å². The fourth-order valence-corrected chi connectivity index (χ4v) is 8.32. The largest absolute Gasteiger partial charge is 0.456 e. The van der Waals surface area contributed by atoms with Crippen LogP contribution in [-0.2, 0) is 16.4 Å². The zero-order chi connectivity index (χ0) is 35.4. The first-order chi connectivity index (χ1) is 24.1. The number of fused-ring (bicyclic) bond motifs is 2. The minimum absolute atomic E-state index is 0.267. The predicted octanol–water partition coefficient (Wildman–Crippen LogP) is 10.8. The Balaban J connectivity index is 1.54. The first kappa shape index (κ1) is 35.3. The Hall–Kier alpha value is -4.52. The quantitative estimate of drug-likeness (QED) is 0.130. The Morgan fingerprint density at radius 3 is 2.16 bits per heavy atom. The molecule has 6 heteroatoms. The Bertz CT molecular complexity index is 2260. The van der Waals surface area contributed by atoms with Crippen molar-refractivity contribution in [3.63, 3.8) is 0 Å². The lowest BCUT2D eigenvalue weighted by Gasteiger charge is -2.20. The molecule has 0 amide bonds. The lowest BCUT2D eigenvalue weighted by Crippen LogP contribution is -2.29. The van der Waals surface area contributed by atoms with Crippen molar-refractivity contribution in [1.29, 1.82) is 0 Å². The van der Waals surface area contributed by atoms with Gasteiger partial charge in [0.1, 0.15) is 11.3 Å². The Morgan fingerprint density at radius 1 is 0.760 bits per heavy atom. The van der Waals surface area contributed by atoms with Crippen molar-refractivity contribution in [2.24, 2.45) is 10.9 Å². The molecule has 2 aliphatic rings. The number of sulfonamides is 1. The van der Waals surface area contributed by atoms with Gasteiger partial charge in [-0.15, -0.1) is 0 Å². The Labute approximate surface area is 297 Å². The summed E-state index contributed by atoms with van der Waals surface area (Å²) in [5.41, 5.74) is 11.1. The van der Waals surface area contributed by atoms with Crippen molar-refractivity contribution in [2.45, 2.75) is 78.5 Å². The highest BCUT2D eigenvalue weighted by Gasteiger charge is 2.25. The van der Waals surface area contributed by atoms with Gasteiger partial charge in [0.25, 0.3) is 0 Å². The summed E-state index contributed by atoms with van der Waals surface area (Å²) in [6.07, 6.45) is 4.89. The number of unbranched alkanes of at least 4 members (excludes halogenated alkanes) is 1. The highest BCUT2D eigenvalue weighted by molar-refractivity contribution is 7.89. The van der Waals surface area contributed by atoms with Gasteiger partial charge in [-0.05, 0) is 104 Å². The van der Waals surface area contributed by atoms with E-state index < -0.39 is 10.0 Å². The van der Waals surface area contributed by atoms with E-state index in [-0.39, 0.29) is 4.90 Å². The fourth-order valence-electron chi connectivity index (χ4n) is 6.99. The van der Waals surface area contributed by atoms with Crippen LogP contribution in [0.2, 0.25) is 0 Å². The number of hydrogen-bond acceptors (Lipinski definition) is 4. The number of nitrogens with one attached hydrogen (secondary N) is 1. The molecule has 0 saturated heterocycles. The van der Waals surface area contributed by atoms with Crippen LogP contribution in [0.5, 0.6) is 0 Å². The molecule has 1 N–H and O–H groups in total. The molecule has 1 heterocycles. The molecule has 4 aromatic rings. The van der Waals surface area contributed by atoms with E-state index in [0.29, 0.717) is 29.4 Å². The summed E-state index contributed by atoms with van der Waals surface area (Å²) in [6, 6.07) is 32.2. The maximum atomic E-state index is 14.1. The second-order valence-corrected chi connectivity index (χ2v) is 15.4.